The molecule has 4 unspecified atom stereocenters. The Kier molecular flexibility index (Phi) is 5.91. The first-order chi connectivity index (χ1) is 15.9. The number of hydrogen-bond acceptors (Lipinski definition) is 7. The first-order valence-corrected chi connectivity index (χ1v) is 11.8. The summed E-state index contributed by atoms with van der Waals surface area (Å²) < 4.78 is 5.50. The molecule has 2 aliphatic heterocycles. The largest absolute Gasteiger partial charge is 0.389 e. The highest BCUT2D eigenvalue weighted by atomic mass is 35.5. The molecule has 1 amide bonds. The van der Waals surface area contributed by atoms with Crippen LogP contribution in [0.25, 0.3) is 10.8 Å². The van der Waals surface area contributed by atoms with Gasteiger partial charge in [0.15, 0.2) is 0 Å². The quantitative estimate of drug-likeness (QED) is 0.709. The van der Waals surface area contributed by atoms with Crippen LogP contribution in [0, 0.1) is 23.2 Å². The number of aliphatic hydroxyl groups excluding tert-OH is 1. The number of anilines is 2. The first kappa shape index (κ1) is 22.4. The highest BCUT2D eigenvalue weighted by molar-refractivity contribution is 6.34. The van der Waals surface area contributed by atoms with E-state index in [1.54, 1.807) is 6.20 Å². The molecule has 2 N–H and O–H groups in total. The second kappa shape index (κ2) is 8.73. The van der Waals surface area contributed by atoms with Crippen molar-refractivity contribution in [1.29, 1.82) is 5.26 Å². The Morgan fingerprint density at radius 1 is 1.27 bits per heavy atom. The third kappa shape index (κ3) is 4.04. The van der Waals surface area contributed by atoms with Gasteiger partial charge in [-0.05, 0) is 43.4 Å². The molecule has 3 aliphatic rings. The number of nitrogens with one attached hydrogen (secondary N) is 1. The van der Waals surface area contributed by atoms with Gasteiger partial charge in [0, 0.05) is 37.8 Å². The molecular formula is C24H28ClN5O3. The van der Waals surface area contributed by atoms with Crippen molar-refractivity contribution in [3.05, 3.63) is 29.4 Å². The summed E-state index contributed by atoms with van der Waals surface area (Å²) in [5.74, 6) is -0.113. The van der Waals surface area contributed by atoms with Crippen LogP contribution in [-0.4, -0.2) is 71.9 Å². The van der Waals surface area contributed by atoms with E-state index in [2.05, 4.69) is 33.1 Å². The molecule has 3 heterocycles. The summed E-state index contributed by atoms with van der Waals surface area (Å²) >= 11 is 6.63. The van der Waals surface area contributed by atoms with E-state index in [1.165, 1.54) is 0 Å². The maximum Gasteiger partial charge on any atom is 0.229 e. The van der Waals surface area contributed by atoms with E-state index < -0.39 is 6.10 Å². The van der Waals surface area contributed by atoms with Crippen LogP contribution in [0.3, 0.4) is 0 Å². The topological polar surface area (TPSA) is 102 Å². The van der Waals surface area contributed by atoms with Gasteiger partial charge < -0.3 is 20.1 Å². The molecule has 0 bridgehead atoms. The average molecular weight is 470 g/mol. The van der Waals surface area contributed by atoms with E-state index in [1.807, 2.05) is 18.2 Å². The van der Waals surface area contributed by atoms with E-state index >= 15 is 0 Å². The zero-order valence-electron chi connectivity index (χ0n) is 18.6. The number of ether oxygens (including phenoxy) is 1. The fourth-order valence-corrected chi connectivity index (χ4v) is 5.36. The van der Waals surface area contributed by atoms with Gasteiger partial charge in [-0.15, -0.1) is 0 Å². The van der Waals surface area contributed by atoms with Gasteiger partial charge in [0.1, 0.15) is 5.82 Å². The van der Waals surface area contributed by atoms with Crippen molar-refractivity contribution in [3.63, 3.8) is 0 Å². The smallest absolute Gasteiger partial charge is 0.229 e. The molecule has 0 spiro atoms. The number of hydrogen-bond donors (Lipinski definition) is 2. The number of carbonyl (C=O) groups is 1. The van der Waals surface area contributed by atoms with Crippen molar-refractivity contribution in [2.45, 2.75) is 31.4 Å². The lowest BCUT2D eigenvalue weighted by Gasteiger charge is -2.45. The second-order valence-corrected chi connectivity index (χ2v) is 9.90. The van der Waals surface area contributed by atoms with Gasteiger partial charge in [0.05, 0.1) is 53.5 Å². The Morgan fingerprint density at radius 2 is 2.06 bits per heavy atom. The van der Waals surface area contributed by atoms with Crippen LogP contribution in [0.2, 0.25) is 5.02 Å². The molecule has 4 atom stereocenters. The molecule has 2 saturated heterocycles. The molecule has 1 aromatic carbocycles. The monoisotopic (exact) mass is 469 g/mol. The van der Waals surface area contributed by atoms with Crippen LogP contribution in [-0.2, 0) is 9.53 Å². The lowest BCUT2D eigenvalue weighted by atomic mass is 9.74. The number of aromatic nitrogens is 1. The lowest BCUT2D eigenvalue weighted by Crippen LogP contribution is -2.60. The average Bonchev–Trinajstić information content (AvgIpc) is 3.12. The maximum absolute atomic E-state index is 12.5. The number of pyridine rings is 1. The summed E-state index contributed by atoms with van der Waals surface area (Å²) in [7, 11) is 0. The van der Waals surface area contributed by atoms with Crippen LogP contribution in [0.4, 0.5) is 11.5 Å². The van der Waals surface area contributed by atoms with Gasteiger partial charge in [0.2, 0.25) is 5.91 Å². The lowest BCUT2D eigenvalue weighted by molar-refractivity contribution is -0.123. The number of fused-ring (bicyclic) bond motifs is 1. The number of amides is 1. The highest BCUT2D eigenvalue weighted by Gasteiger charge is 2.44. The van der Waals surface area contributed by atoms with Crippen molar-refractivity contribution in [2.24, 2.45) is 11.8 Å². The van der Waals surface area contributed by atoms with Crippen molar-refractivity contribution in [3.8, 4) is 6.07 Å². The van der Waals surface area contributed by atoms with Crippen LogP contribution >= 0.6 is 11.6 Å². The van der Waals surface area contributed by atoms with Crippen LogP contribution in [0.5, 0.6) is 0 Å². The van der Waals surface area contributed by atoms with E-state index in [-0.39, 0.29) is 23.3 Å². The van der Waals surface area contributed by atoms with Gasteiger partial charge in [-0.25, -0.2) is 4.98 Å². The van der Waals surface area contributed by atoms with Gasteiger partial charge in [-0.1, -0.05) is 11.6 Å². The van der Waals surface area contributed by atoms with Crippen LogP contribution in [0.1, 0.15) is 19.8 Å². The van der Waals surface area contributed by atoms with E-state index in [4.69, 9.17) is 21.6 Å². The second-order valence-electron chi connectivity index (χ2n) is 9.49. The molecule has 1 aromatic heterocycles. The van der Waals surface area contributed by atoms with Gasteiger partial charge in [-0.3, -0.25) is 9.69 Å². The Balaban J connectivity index is 1.31. The van der Waals surface area contributed by atoms with Crippen LogP contribution < -0.4 is 10.2 Å². The zero-order valence-corrected chi connectivity index (χ0v) is 19.4. The third-order valence-electron chi connectivity index (χ3n) is 7.55. The predicted octanol–water partition coefficient (Wildman–Crippen LogP) is 2.65. The molecule has 0 radical (unpaired) electrons. The van der Waals surface area contributed by atoms with Gasteiger partial charge in [0.25, 0.3) is 0 Å². The third-order valence-corrected chi connectivity index (χ3v) is 7.85. The molecule has 33 heavy (non-hydrogen) atoms. The SMILES string of the molecule is CC1(N2CCN(c3cc4cc(NC(=O)C5CCC5C#N)ncc4cc3Cl)CC2)COCC1O. The summed E-state index contributed by atoms with van der Waals surface area (Å²) in [5.41, 5.74) is 0.604. The number of nitriles is 1. The molecule has 5 rings (SSSR count). The van der Waals surface area contributed by atoms with Crippen molar-refractivity contribution < 1.29 is 14.6 Å². The Hall–Kier alpha value is -2.44. The number of piperazine rings is 1. The number of nitrogens with zero attached hydrogens (tertiary/aromatic N) is 4. The standard InChI is InChI=1S/C24H28ClN5O3/c1-24(14-33-13-21(24)31)30-6-4-29(5-7-30)20-9-16-10-22(27-12-17(16)8-19(20)25)28-23(32)18-3-2-15(18)11-26/h8-10,12,15,18,21,31H,2-7,13-14H2,1H3,(H,27,28,32). The Morgan fingerprint density at radius 3 is 2.70 bits per heavy atom. The molecule has 1 saturated carbocycles. The summed E-state index contributed by atoms with van der Waals surface area (Å²) in [4.78, 5) is 21.4. The van der Waals surface area contributed by atoms with E-state index in [0.717, 1.165) is 55.5 Å². The summed E-state index contributed by atoms with van der Waals surface area (Å²) in [5, 5.41) is 24.9. The van der Waals surface area contributed by atoms with Crippen LogP contribution in [0.15, 0.2) is 24.4 Å². The Bertz CT molecular complexity index is 1110. The maximum atomic E-state index is 12.5. The fourth-order valence-electron chi connectivity index (χ4n) is 5.06. The number of rotatable bonds is 4. The highest BCUT2D eigenvalue weighted by Crippen LogP contribution is 2.36. The first-order valence-electron chi connectivity index (χ1n) is 11.4. The molecule has 174 valence electrons. The van der Waals surface area contributed by atoms with Gasteiger partial charge >= 0.3 is 0 Å². The molecular weight excluding hydrogens is 442 g/mol. The summed E-state index contributed by atoms with van der Waals surface area (Å²) in [6, 6.07) is 8.01. The zero-order chi connectivity index (χ0) is 23.2. The molecule has 8 nitrogen and oxygen atoms in total. The number of halogens is 1. The fraction of sp³-hybridized carbons (Fsp3) is 0.542. The molecule has 3 fully saturated rings. The number of benzene rings is 1. The normalized spacial score (nSPS) is 30.1. The van der Waals surface area contributed by atoms with Gasteiger partial charge in [-0.2, -0.15) is 5.26 Å². The molecule has 1 aliphatic carbocycles. The van der Waals surface area contributed by atoms with Crippen molar-refractivity contribution in [1.82, 2.24) is 9.88 Å². The predicted molar refractivity (Wildman–Crippen MR) is 126 cm³/mol. The van der Waals surface area contributed by atoms with Crippen molar-refractivity contribution in [2.75, 3.05) is 49.6 Å². The Labute approximate surface area is 198 Å². The molecule has 9 heteroatoms. The summed E-state index contributed by atoms with van der Waals surface area (Å²) in [6.45, 7) is 6.20. The minimum absolute atomic E-state index is 0.142. The minimum atomic E-state index is -0.474. The number of carbonyl (C=O) groups excluding carboxylic acids is 1. The molecule has 2 aromatic rings. The van der Waals surface area contributed by atoms with E-state index in [0.29, 0.717) is 24.1 Å². The minimum Gasteiger partial charge on any atom is -0.389 e. The number of aliphatic hydroxyl groups is 1. The van der Waals surface area contributed by atoms with E-state index in [9.17, 15) is 9.90 Å². The summed E-state index contributed by atoms with van der Waals surface area (Å²) in [6.07, 6.45) is 2.76. The van der Waals surface area contributed by atoms with Crippen molar-refractivity contribution >= 4 is 39.8 Å².